The number of likely N-dealkylation sites (tertiary alicyclic amines) is 1. The van der Waals surface area contributed by atoms with Crippen LogP contribution < -0.4 is 4.90 Å². The Morgan fingerprint density at radius 3 is 2.63 bits per heavy atom. The van der Waals surface area contributed by atoms with Crippen molar-refractivity contribution in [3.63, 3.8) is 0 Å². The fraction of sp³-hybridized carbons (Fsp3) is 0.381. The SMILES string of the molecule is O=C1COC2(CCN(Cc3ccccc3O)CC2)CN1c1cccc(F)c1. The van der Waals surface area contributed by atoms with Crippen LogP contribution in [0.5, 0.6) is 5.75 Å². The number of para-hydroxylation sites is 1. The molecule has 0 radical (unpaired) electrons. The van der Waals surface area contributed by atoms with E-state index in [-0.39, 0.29) is 18.3 Å². The molecule has 2 aromatic rings. The Balaban J connectivity index is 1.43. The monoisotopic (exact) mass is 370 g/mol. The zero-order chi connectivity index (χ0) is 18.9. The average Bonchev–Trinajstić information content (AvgIpc) is 2.68. The molecule has 0 unspecified atom stereocenters. The number of morpholine rings is 1. The second-order valence-corrected chi connectivity index (χ2v) is 7.34. The number of phenolic OH excluding ortho intramolecular Hbond substituents is 1. The molecule has 2 fully saturated rings. The fourth-order valence-corrected chi connectivity index (χ4v) is 3.90. The normalized spacial score (nSPS) is 20.2. The maximum Gasteiger partial charge on any atom is 0.253 e. The molecule has 0 atom stereocenters. The number of halogens is 1. The number of carbonyl (C=O) groups is 1. The standard InChI is InChI=1S/C21H23FN2O3/c22-17-5-3-6-18(12-17)24-15-21(27-14-20(24)26)8-10-23(11-9-21)13-16-4-1-2-7-19(16)25/h1-7,12,25H,8-11,13-15H2. The van der Waals surface area contributed by atoms with Gasteiger partial charge in [0, 0.05) is 30.9 Å². The highest BCUT2D eigenvalue weighted by Crippen LogP contribution is 2.33. The summed E-state index contributed by atoms with van der Waals surface area (Å²) in [5, 5.41) is 9.97. The van der Waals surface area contributed by atoms with Gasteiger partial charge in [0.1, 0.15) is 18.2 Å². The van der Waals surface area contributed by atoms with E-state index in [0.717, 1.165) is 31.5 Å². The summed E-state index contributed by atoms with van der Waals surface area (Å²) in [4.78, 5) is 16.2. The van der Waals surface area contributed by atoms with Gasteiger partial charge < -0.3 is 14.7 Å². The van der Waals surface area contributed by atoms with Crippen LogP contribution in [0.25, 0.3) is 0 Å². The minimum Gasteiger partial charge on any atom is -0.508 e. The Morgan fingerprint density at radius 1 is 1.11 bits per heavy atom. The number of nitrogens with zero attached hydrogens (tertiary/aromatic N) is 2. The van der Waals surface area contributed by atoms with Gasteiger partial charge in [0.25, 0.3) is 5.91 Å². The minimum absolute atomic E-state index is 0.0238. The van der Waals surface area contributed by atoms with Crippen LogP contribution in [-0.4, -0.2) is 47.8 Å². The van der Waals surface area contributed by atoms with Gasteiger partial charge in [-0.2, -0.15) is 0 Å². The molecule has 0 saturated carbocycles. The highest BCUT2D eigenvalue weighted by Gasteiger charge is 2.42. The molecule has 2 aliphatic heterocycles. The maximum atomic E-state index is 13.6. The van der Waals surface area contributed by atoms with Gasteiger partial charge in [-0.1, -0.05) is 24.3 Å². The molecule has 0 bridgehead atoms. The van der Waals surface area contributed by atoms with Gasteiger partial charge in [0.2, 0.25) is 0 Å². The number of rotatable bonds is 3. The van der Waals surface area contributed by atoms with E-state index in [1.165, 1.54) is 12.1 Å². The Bertz CT molecular complexity index is 834. The van der Waals surface area contributed by atoms with E-state index in [9.17, 15) is 14.3 Å². The van der Waals surface area contributed by atoms with Crippen molar-refractivity contribution < 1.29 is 19.0 Å². The molecule has 2 aliphatic rings. The third-order valence-corrected chi connectivity index (χ3v) is 5.52. The van der Waals surface area contributed by atoms with Crippen LogP contribution in [0.1, 0.15) is 18.4 Å². The summed E-state index contributed by atoms with van der Waals surface area (Å²) in [6.45, 7) is 2.80. The molecule has 1 amide bonds. The number of carbonyl (C=O) groups excluding carboxylic acids is 1. The number of benzene rings is 2. The van der Waals surface area contributed by atoms with Crippen molar-refractivity contribution in [1.29, 1.82) is 0 Å². The van der Waals surface area contributed by atoms with Crippen molar-refractivity contribution in [2.45, 2.75) is 25.0 Å². The first kappa shape index (κ1) is 17.9. The molecule has 2 aromatic carbocycles. The molecule has 2 heterocycles. The van der Waals surface area contributed by atoms with Crippen molar-refractivity contribution in [2.24, 2.45) is 0 Å². The quantitative estimate of drug-likeness (QED) is 0.903. The zero-order valence-electron chi connectivity index (χ0n) is 15.1. The second kappa shape index (κ2) is 7.29. The van der Waals surface area contributed by atoms with Crippen LogP contribution in [0, 0.1) is 5.82 Å². The number of phenols is 1. The lowest BCUT2D eigenvalue weighted by molar-refractivity contribution is -0.145. The first-order valence-corrected chi connectivity index (χ1v) is 9.24. The molecule has 2 saturated heterocycles. The lowest BCUT2D eigenvalue weighted by Gasteiger charge is -2.47. The lowest BCUT2D eigenvalue weighted by atomic mass is 9.88. The van der Waals surface area contributed by atoms with Crippen molar-refractivity contribution >= 4 is 11.6 Å². The first-order valence-electron chi connectivity index (χ1n) is 9.24. The zero-order valence-corrected chi connectivity index (χ0v) is 15.1. The molecule has 5 nitrogen and oxygen atoms in total. The predicted octanol–water partition coefficient (Wildman–Crippen LogP) is 2.93. The van der Waals surface area contributed by atoms with Crippen LogP contribution in [0.3, 0.4) is 0 Å². The number of ether oxygens (including phenoxy) is 1. The van der Waals surface area contributed by atoms with Gasteiger partial charge in [0.05, 0.1) is 12.1 Å². The van der Waals surface area contributed by atoms with E-state index < -0.39 is 5.60 Å². The molecule has 6 heteroatoms. The van der Waals surface area contributed by atoms with Crippen LogP contribution in [0.4, 0.5) is 10.1 Å². The van der Waals surface area contributed by atoms with Crippen molar-refractivity contribution in [2.75, 3.05) is 31.1 Å². The molecule has 0 aromatic heterocycles. The summed E-state index contributed by atoms with van der Waals surface area (Å²) in [6, 6.07) is 13.5. The number of hydrogen-bond donors (Lipinski definition) is 1. The van der Waals surface area contributed by atoms with Crippen molar-refractivity contribution in [3.8, 4) is 5.75 Å². The van der Waals surface area contributed by atoms with Gasteiger partial charge in [-0.05, 0) is 37.1 Å². The van der Waals surface area contributed by atoms with Crippen LogP contribution in [0.15, 0.2) is 48.5 Å². The summed E-state index contributed by atoms with van der Waals surface area (Å²) < 4.78 is 19.5. The summed E-state index contributed by atoms with van der Waals surface area (Å²) >= 11 is 0. The predicted molar refractivity (Wildman–Crippen MR) is 100 cm³/mol. The van der Waals surface area contributed by atoms with E-state index in [1.54, 1.807) is 23.1 Å². The van der Waals surface area contributed by atoms with E-state index in [2.05, 4.69) is 4.90 Å². The molecule has 27 heavy (non-hydrogen) atoms. The molecule has 0 aliphatic carbocycles. The van der Waals surface area contributed by atoms with Gasteiger partial charge in [0.15, 0.2) is 0 Å². The smallest absolute Gasteiger partial charge is 0.253 e. The third kappa shape index (κ3) is 3.82. The number of amides is 1. The molecule has 1 spiro atoms. The average molecular weight is 370 g/mol. The van der Waals surface area contributed by atoms with Crippen molar-refractivity contribution in [3.05, 3.63) is 59.9 Å². The van der Waals surface area contributed by atoms with E-state index in [0.29, 0.717) is 24.5 Å². The molecular weight excluding hydrogens is 347 g/mol. The number of hydrogen-bond acceptors (Lipinski definition) is 4. The molecule has 142 valence electrons. The Kier molecular flexibility index (Phi) is 4.85. The van der Waals surface area contributed by atoms with Gasteiger partial charge in [-0.3, -0.25) is 9.69 Å². The number of anilines is 1. The van der Waals surface area contributed by atoms with Crippen LogP contribution in [0.2, 0.25) is 0 Å². The Labute approximate surface area is 158 Å². The highest BCUT2D eigenvalue weighted by atomic mass is 19.1. The maximum absolute atomic E-state index is 13.6. The van der Waals surface area contributed by atoms with Crippen molar-refractivity contribution in [1.82, 2.24) is 4.90 Å². The first-order chi connectivity index (χ1) is 13.0. The fourth-order valence-electron chi connectivity index (χ4n) is 3.90. The largest absolute Gasteiger partial charge is 0.508 e. The lowest BCUT2D eigenvalue weighted by Crippen LogP contribution is -2.58. The summed E-state index contributed by atoms with van der Waals surface area (Å²) in [5.41, 5.74) is 1.10. The molecule has 4 rings (SSSR count). The minimum atomic E-state index is -0.393. The van der Waals surface area contributed by atoms with E-state index in [1.807, 2.05) is 18.2 Å². The Morgan fingerprint density at radius 2 is 1.89 bits per heavy atom. The topological polar surface area (TPSA) is 53.0 Å². The molecular formula is C21H23FN2O3. The van der Waals surface area contributed by atoms with Gasteiger partial charge >= 0.3 is 0 Å². The Hall–Kier alpha value is -2.44. The summed E-state index contributed by atoms with van der Waals surface area (Å²) in [7, 11) is 0. The van der Waals surface area contributed by atoms with Gasteiger partial charge in [-0.25, -0.2) is 4.39 Å². The third-order valence-electron chi connectivity index (χ3n) is 5.52. The molecule has 1 N–H and O–H groups in total. The van der Waals surface area contributed by atoms with E-state index in [4.69, 9.17) is 4.74 Å². The van der Waals surface area contributed by atoms with E-state index >= 15 is 0 Å². The second-order valence-electron chi connectivity index (χ2n) is 7.34. The number of piperidine rings is 1. The highest BCUT2D eigenvalue weighted by molar-refractivity contribution is 5.95. The van der Waals surface area contributed by atoms with Gasteiger partial charge in [-0.15, -0.1) is 0 Å². The van der Waals surface area contributed by atoms with Crippen LogP contribution in [-0.2, 0) is 16.1 Å². The van der Waals surface area contributed by atoms with Crippen LogP contribution >= 0.6 is 0 Å². The number of aromatic hydroxyl groups is 1. The summed E-state index contributed by atoms with van der Waals surface area (Å²) in [5.74, 6) is -0.171. The summed E-state index contributed by atoms with van der Waals surface area (Å²) in [6.07, 6.45) is 1.58.